The summed E-state index contributed by atoms with van der Waals surface area (Å²) in [5, 5.41) is 16.9. The third-order valence-electron chi connectivity index (χ3n) is 4.55. The number of para-hydroxylation sites is 1. The molecule has 2 aromatic carbocycles. The fourth-order valence-corrected chi connectivity index (χ4v) is 4.10. The molecule has 1 heterocycles. The average Bonchev–Trinajstić information content (AvgIpc) is 2.72. The van der Waals surface area contributed by atoms with E-state index in [1.807, 2.05) is 43.3 Å². The van der Waals surface area contributed by atoms with E-state index in [1.54, 1.807) is 6.07 Å². The number of hydrogen-bond donors (Lipinski definition) is 4. The van der Waals surface area contributed by atoms with Crippen LogP contribution in [0.25, 0.3) is 10.9 Å². The summed E-state index contributed by atoms with van der Waals surface area (Å²) in [7, 11) is 0. The number of pyridine rings is 1. The smallest absolute Gasteiger partial charge is 0.191 e. The lowest BCUT2D eigenvalue weighted by molar-refractivity contribution is 0.281. The number of anilines is 1. The van der Waals surface area contributed by atoms with Gasteiger partial charge in [0.1, 0.15) is 11.6 Å². The number of aromatic nitrogens is 1. The summed E-state index contributed by atoms with van der Waals surface area (Å²) in [6.45, 7) is 4.82. The van der Waals surface area contributed by atoms with Crippen molar-refractivity contribution in [2.45, 2.75) is 26.5 Å². The zero-order chi connectivity index (χ0) is 20.6. The number of aromatic amines is 1. The van der Waals surface area contributed by atoms with Gasteiger partial charge in [-0.25, -0.2) is 0 Å². The van der Waals surface area contributed by atoms with Crippen LogP contribution in [0.15, 0.2) is 47.3 Å². The molecular weight excluding hydrogens is 481 g/mol. The van der Waals surface area contributed by atoms with Crippen LogP contribution in [0.1, 0.15) is 24.5 Å². The first-order valence-electron chi connectivity index (χ1n) is 9.74. The maximum Gasteiger partial charge on any atom is 0.191 e. The number of fused-ring (bicyclic) bond motifs is 1. The quantitative estimate of drug-likeness (QED) is 0.249. The van der Waals surface area contributed by atoms with Gasteiger partial charge in [-0.15, -0.1) is 0 Å². The summed E-state index contributed by atoms with van der Waals surface area (Å²) in [6, 6.07) is 13.0. The van der Waals surface area contributed by atoms with Crippen LogP contribution in [0.2, 0.25) is 0 Å². The molecule has 0 bridgehead atoms. The summed E-state index contributed by atoms with van der Waals surface area (Å²) in [4.78, 5) is 15.4. The molecule has 6 nitrogen and oxygen atoms in total. The Morgan fingerprint density at radius 2 is 2.00 bits per heavy atom. The topological polar surface area (TPSA) is 86.4 Å². The fourth-order valence-electron chi connectivity index (χ4n) is 3.19. The van der Waals surface area contributed by atoms with Crippen LogP contribution in [-0.4, -0.2) is 29.8 Å². The van der Waals surface area contributed by atoms with Crippen molar-refractivity contribution in [1.29, 1.82) is 0 Å². The lowest BCUT2D eigenvalue weighted by Gasteiger charge is -2.15. The van der Waals surface area contributed by atoms with E-state index in [2.05, 4.69) is 38.2 Å². The van der Waals surface area contributed by atoms with Crippen molar-refractivity contribution < 1.29 is 9.84 Å². The maximum absolute atomic E-state index is 12.2. The molecule has 0 aliphatic rings. The van der Waals surface area contributed by atoms with Crippen molar-refractivity contribution in [3.05, 3.63) is 67.4 Å². The highest BCUT2D eigenvalue weighted by molar-refractivity contribution is 14.1. The van der Waals surface area contributed by atoms with Crippen molar-refractivity contribution in [3.63, 3.8) is 0 Å². The van der Waals surface area contributed by atoms with E-state index < -0.39 is 0 Å². The molecule has 0 fully saturated rings. The molecule has 0 spiro atoms. The second-order valence-corrected chi connectivity index (χ2v) is 7.87. The molecule has 3 rings (SSSR count). The van der Waals surface area contributed by atoms with Crippen LogP contribution in [0.3, 0.4) is 0 Å². The van der Waals surface area contributed by atoms with Crippen LogP contribution in [0.5, 0.6) is 5.75 Å². The van der Waals surface area contributed by atoms with Crippen LogP contribution >= 0.6 is 22.6 Å². The lowest BCUT2D eigenvalue weighted by atomic mass is 10.1. The summed E-state index contributed by atoms with van der Waals surface area (Å²) in [6.07, 6.45) is 0.898. The summed E-state index contributed by atoms with van der Waals surface area (Å²) < 4.78 is 6.78. The van der Waals surface area contributed by atoms with Crippen molar-refractivity contribution in [1.82, 2.24) is 10.3 Å². The normalized spacial score (nSPS) is 11.0. The molecule has 154 valence electrons. The molecular formula is C22H26IN3O3. The molecule has 0 atom stereocenters. The Kier molecular flexibility index (Phi) is 7.91. The molecule has 0 aliphatic carbocycles. The van der Waals surface area contributed by atoms with Gasteiger partial charge in [0.15, 0.2) is 5.43 Å². The van der Waals surface area contributed by atoms with Crippen LogP contribution in [0, 0.1) is 3.57 Å². The van der Waals surface area contributed by atoms with Gasteiger partial charge in [0.2, 0.25) is 0 Å². The van der Waals surface area contributed by atoms with Crippen molar-refractivity contribution >= 4 is 39.3 Å². The molecule has 29 heavy (non-hydrogen) atoms. The number of halogens is 1. The molecule has 3 aromatic rings. The van der Waals surface area contributed by atoms with E-state index in [0.29, 0.717) is 18.5 Å². The zero-order valence-electron chi connectivity index (χ0n) is 16.4. The van der Waals surface area contributed by atoms with Gasteiger partial charge in [-0.1, -0.05) is 12.1 Å². The molecule has 0 radical (unpaired) electrons. The van der Waals surface area contributed by atoms with Gasteiger partial charge in [-0.05, 0) is 72.3 Å². The molecule has 0 saturated carbocycles. The van der Waals surface area contributed by atoms with Gasteiger partial charge in [-0.3, -0.25) is 4.79 Å². The number of hydrogen-bond acceptors (Lipinski definition) is 5. The highest BCUT2D eigenvalue weighted by Crippen LogP contribution is 2.28. The first-order chi connectivity index (χ1) is 14.1. The second kappa shape index (κ2) is 10.6. The number of nitrogens with one attached hydrogen (secondary N) is 3. The molecule has 7 heteroatoms. The number of aliphatic hydroxyl groups excluding tert-OH is 1. The Balaban J connectivity index is 1.50. The molecule has 0 amide bonds. The predicted octanol–water partition coefficient (Wildman–Crippen LogP) is 3.62. The van der Waals surface area contributed by atoms with E-state index in [0.717, 1.165) is 51.3 Å². The Labute approximate surface area is 183 Å². The van der Waals surface area contributed by atoms with Crippen molar-refractivity contribution in [2.75, 3.05) is 25.0 Å². The summed E-state index contributed by atoms with van der Waals surface area (Å²) in [5.41, 5.74) is 2.79. The highest BCUT2D eigenvalue weighted by Gasteiger charge is 2.10. The zero-order valence-corrected chi connectivity index (χ0v) is 18.6. The van der Waals surface area contributed by atoms with Crippen LogP contribution in [0.4, 0.5) is 5.82 Å². The third-order valence-corrected chi connectivity index (χ3v) is 5.35. The van der Waals surface area contributed by atoms with Gasteiger partial charge >= 0.3 is 0 Å². The number of H-pyrrole nitrogens is 1. The largest absolute Gasteiger partial charge is 0.492 e. The molecule has 0 aliphatic heterocycles. The minimum absolute atomic E-state index is 0.0156. The van der Waals surface area contributed by atoms with Gasteiger partial charge in [0.25, 0.3) is 0 Å². The van der Waals surface area contributed by atoms with E-state index in [-0.39, 0.29) is 12.0 Å². The van der Waals surface area contributed by atoms with Gasteiger partial charge in [0.05, 0.1) is 22.3 Å². The Morgan fingerprint density at radius 1 is 1.17 bits per heavy atom. The van der Waals surface area contributed by atoms with E-state index in [4.69, 9.17) is 4.74 Å². The van der Waals surface area contributed by atoms with Gasteiger partial charge < -0.3 is 25.5 Å². The Bertz CT molecular complexity index is 1020. The lowest BCUT2D eigenvalue weighted by Crippen LogP contribution is -2.19. The first kappa shape index (κ1) is 21.6. The number of benzene rings is 2. The summed E-state index contributed by atoms with van der Waals surface area (Å²) >= 11 is 2.24. The number of ether oxygens (including phenoxy) is 1. The van der Waals surface area contributed by atoms with E-state index in [1.165, 1.54) is 0 Å². The fraction of sp³-hybridized carbons (Fsp3) is 0.318. The standard InChI is InChI=1S/C22H26IN3O3/c1-2-29-22-16(10-15(14-27)11-18(22)23)13-24-8-5-9-25-21-12-20(28)17-6-3-4-7-19(17)26-21/h3-4,6-7,10-12,24,27H,2,5,8-9,13-14H2,1H3,(H2,25,26,28). The first-order valence-corrected chi connectivity index (χ1v) is 10.8. The number of aliphatic hydroxyl groups is 1. The van der Waals surface area contributed by atoms with Crippen LogP contribution < -0.4 is 20.8 Å². The monoisotopic (exact) mass is 507 g/mol. The molecule has 0 unspecified atom stereocenters. The number of rotatable bonds is 10. The van der Waals surface area contributed by atoms with Gasteiger partial charge in [-0.2, -0.15) is 0 Å². The minimum atomic E-state index is 0.0156. The average molecular weight is 507 g/mol. The van der Waals surface area contributed by atoms with Crippen LogP contribution in [-0.2, 0) is 13.2 Å². The summed E-state index contributed by atoms with van der Waals surface area (Å²) in [5.74, 6) is 1.61. The molecule has 1 aromatic heterocycles. The van der Waals surface area contributed by atoms with Gasteiger partial charge in [0, 0.05) is 30.1 Å². The van der Waals surface area contributed by atoms with Crippen molar-refractivity contribution in [2.24, 2.45) is 0 Å². The second-order valence-electron chi connectivity index (χ2n) is 6.71. The third kappa shape index (κ3) is 5.71. The van der Waals surface area contributed by atoms with Crippen molar-refractivity contribution in [3.8, 4) is 5.75 Å². The Morgan fingerprint density at radius 3 is 2.79 bits per heavy atom. The SMILES string of the molecule is CCOc1c(I)cc(CO)cc1CNCCCNc1cc(=O)c2ccccc2[nH]1. The van der Waals surface area contributed by atoms with E-state index in [9.17, 15) is 9.90 Å². The molecule has 0 saturated heterocycles. The molecule has 4 N–H and O–H groups in total. The highest BCUT2D eigenvalue weighted by atomic mass is 127. The van der Waals surface area contributed by atoms with E-state index >= 15 is 0 Å². The minimum Gasteiger partial charge on any atom is -0.492 e. The predicted molar refractivity (Wildman–Crippen MR) is 126 cm³/mol. The Hall–Kier alpha value is -2.10. The maximum atomic E-state index is 12.2.